The molecule has 0 unspecified atom stereocenters. The largest absolute Gasteiger partial charge is 0.451 e. The Labute approximate surface area is 154 Å². The van der Waals surface area contributed by atoms with Crippen molar-refractivity contribution in [3.05, 3.63) is 22.5 Å². The minimum absolute atomic E-state index is 0.0956. The van der Waals surface area contributed by atoms with E-state index in [1.807, 2.05) is 4.90 Å². The van der Waals surface area contributed by atoms with Gasteiger partial charge in [-0.1, -0.05) is 19.3 Å². The maximum Gasteiger partial charge on any atom is 0.355 e. The fraction of sp³-hybridized carbons (Fsp3) is 0.650. The van der Waals surface area contributed by atoms with Crippen LogP contribution in [0.25, 0.3) is 0 Å². The average molecular weight is 360 g/mol. The van der Waals surface area contributed by atoms with Gasteiger partial charge in [-0.3, -0.25) is 9.59 Å². The lowest BCUT2D eigenvalue weighted by atomic mass is 9.75. The summed E-state index contributed by atoms with van der Waals surface area (Å²) in [5.74, 6) is 0.546. The molecule has 6 heteroatoms. The van der Waals surface area contributed by atoms with Gasteiger partial charge in [-0.25, -0.2) is 4.79 Å². The number of aryl methyl sites for hydroxylation is 1. The van der Waals surface area contributed by atoms with E-state index in [2.05, 4.69) is 4.98 Å². The molecule has 1 amide bonds. The zero-order chi connectivity index (χ0) is 18.8. The Morgan fingerprint density at radius 1 is 1.12 bits per heavy atom. The molecule has 6 nitrogen and oxygen atoms in total. The lowest BCUT2D eigenvalue weighted by molar-refractivity contribution is -0.137. The van der Waals surface area contributed by atoms with E-state index in [-0.39, 0.29) is 24.0 Å². The second kappa shape index (κ2) is 7.64. The van der Waals surface area contributed by atoms with Gasteiger partial charge in [0, 0.05) is 24.3 Å². The third kappa shape index (κ3) is 3.69. The van der Waals surface area contributed by atoms with Crippen LogP contribution in [0.4, 0.5) is 0 Å². The third-order valence-corrected chi connectivity index (χ3v) is 5.96. The summed E-state index contributed by atoms with van der Waals surface area (Å²) in [6.45, 7) is 6.23. The van der Waals surface area contributed by atoms with Crippen molar-refractivity contribution in [1.82, 2.24) is 9.88 Å². The van der Waals surface area contributed by atoms with Crippen LogP contribution >= 0.6 is 0 Å². The van der Waals surface area contributed by atoms with Crippen LogP contribution in [-0.2, 0) is 9.53 Å². The Morgan fingerprint density at radius 3 is 2.46 bits per heavy atom. The van der Waals surface area contributed by atoms with Crippen LogP contribution in [0.15, 0.2) is 0 Å². The standard InChI is InChI=1S/C20H28N2O4/c1-12-18(14(3)23)13(2)21-19(12)20(25)26-11-17(24)22-9-8-15-6-4-5-7-16(15)10-22/h15-16,21H,4-11H2,1-3H3/t15-,16+/m1/s1. The monoisotopic (exact) mass is 360 g/mol. The number of ether oxygens (including phenoxy) is 1. The Kier molecular flexibility index (Phi) is 5.49. The number of rotatable bonds is 4. The molecule has 2 atom stereocenters. The number of carbonyl (C=O) groups excluding carboxylic acids is 3. The number of esters is 1. The molecular formula is C20H28N2O4. The lowest BCUT2D eigenvalue weighted by Gasteiger charge is -2.41. The highest BCUT2D eigenvalue weighted by Crippen LogP contribution is 2.36. The number of hydrogen-bond acceptors (Lipinski definition) is 4. The van der Waals surface area contributed by atoms with Crippen molar-refractivity contribution in [2.45, 2.75) is 52.9 Å². The van der Waals surface area contributed by atoms with E-state index in [1.54, 1.807) is 13.8 Å². The SMILES string of the molecule is CC(=O)c1c(C)[nH]c(C(=O)OCC(=O)N2CC[C@H]3CCCC[C@H]3C2)c1C. The van der Waals surface area contributed by atoms with Gasteiger partial charge in [-0.05, 0) is 51.0 Å². The molecule has 1 aliphatic heterocycles. The summed E-state index contributed by atoms with van der Waals surface area (Å²) in [6, 6.07) is 0. The van der Waals surface area contributed by atoms with E-state index in [4.69, 9.17) is 4.74 Å². The molecule has 0 radical (unpaired) electrons. The molecule has 1 saturated heterocycles. The highest BCUT2D eigenvalue weighted by atomic mass is 16.5. The van der Waals surface area contributed by atoms with Crippen LogP contribution in [0.3, 0.4) is 0 Å². The second-order valence-corrected chi connectivity index (χ2v) is 7.69. The Hall–Kier alpha value is -2.11. The number of ketones is 1. The van der Waals surface area contributed by atoms with Gasteiger partial charge >= 0.3 is 5.97 Å². The molecule has 2 fully saturated rings. The fourth-order valence-corrected chi connectivity index (χ4v) is 4.60. The predicted octanol–water partition coefficient (Wildman–Crippen LogP) is 3.03. The van der Waals surface area contributed by atoms with Gasteiger partial charge < -0.3 is 14.6 Å². The topological polar surface area (TPSA) is 79.5 Å². The van der Waals surface area contributed by atoms with Crippen LogP contribution in [0, 0.1) is 25.7 Å². The molecule has 1 aromatic heterocycles. The molecule has 1 aliphatic carbocycles. The quantitative estimate of drug-likeness (QED) is 0.661. The number of carbonyl (C=O) groups is 3. The molecule has 1 saturated carbocycles. The van der Waals surface area contributed by atoms with E-state index in [0.717, 1.165) is 25.4 Å². The molecule has 0 spiro atoms. The summed E-state index contributed by atoms with van der Waals surface area (Å²) >= 11 is 0. The summed E-state index contributed by atoms with van der Waals surface area (Å²) in [5, 5.41) is 0. The average Bonchev–Trinajstić information content (AvgIpc) is 2.93. The van der Waals surface area contributed by atoms with E-state index in [9.17, 15) is 14.4 Å². The van der Waals surface area contributed by atoms with Crippen molar-refractivity contribution in [2.75, 3.05) is 19.7 Å². The minimum atomic E-state index is -0.584. The fourth-order valence-electron chi connectivity index (χ4n) is 4.60. The third-order valence-electron chi connectivity index (χ3n) is 5.96. The first-order valence-corrected chi connectivity index (χ1v) is 9.53. The summed E-state index contributed by atoms with van der Waals surface area (Å²) < 4.78 is 5.24. The summed E-state index contributed by atoms with van der Waals surface area (Å²) in [6.07, 6.45) is 6.10. The van der Waals surface area contributed by atoms with Crippen LogP contribution < -0.4 is 0 Å². The number of aromatic nitrogens is 1. The van der Waals surface area contributed by atoms with Gasteiger partial charge in [-0.2, -0.15) is 0 Å². The second-order valence-electron chi connectivity index (χ2n) is 7.69. The number of Topliss-reactive ketones (excluding diaryl/α,β-unsaturated/α-hetero) is 1. The zero-order valence-electron chi connectivity index (χ0n) is 15.9. The van der Waals surface area contributed by atoms with Crippen molar-refractivity contribution in [3.63, 3.8) is 0 Å². The summed E-state index contributed by atoms with van der Waals surface area (Å²) in [7, 11) is 0. The molecule has 3 rings (SSSR count). The first-order chi connectivity index (χ1) is 12.4. The van der Waals surface area contributed by atoms with E-state index in [1.165, 1.54) is 32.6 Å². The van der Waals surface area contributed by atoms with Crippen LogP contribution in [0.1, 0.15) is 71.1 Å². The molecule has 0 bridgehead atoms. The number of nitrogens with one attached hydrogen (secondary N) is 1. The summed E-state index contributed by atoms with van der Waals surface area (Å²) in [5.41, 5.74) is 2.00. The Morgan fingerprint density at radius 2 is 1.81 bits per heavy atom. The smallest absolute Gasteiger partial charge is 0.355 e. The van der Waals surface area contributed by atoms with E-state index < -0.39 is 5.97 Å². The van der Waals surface area contributed by atoms with Gasteiger partial charge in [0.25, 0.3) is 5.91 Å². The number of amides is 1. The molecule has 26 heavy (non-hydrogen) atoms. The molecular weight excluding hydrogens is 332 g/mol. The summed E-state index contributed by atoms with van der Waals surface area (Å²) in [4.78, 5) is 41.2. The number of piperidine rings is 1. The maximum absolute atomic E-state index is 12.5. The van der Waals surface area contributed by atoms with Gasteiger partial charge in [0.1, 0.15) is 5.69 Å². The Balaban J connectivity index is 1.57. The number of aromatic amines is 1. The van der Waals surface area contributed by atoms with E-state index in [0.29, 0.717) is 22.7 Å². The van der Waals surface area contributed by atoms with Crippen molar-refractivity contribution in [2.24, 2.45) is 11.8 Å². The molecule has 1 aromatic rings. The number of fused-ring (bicyclic) bond motifs is 1. The lowest BCUT2D eigenvalue weighted by Crippen LogP contribution is -2.46. The molecule has 142 valence electrons. The van der Waals surface area contributed by atoms with Gasteiger partial charge in [0.2, 0.25) is 0 Å². The van der Waals surface area contributed by atoms with Crippen LogP contribution in [0.2, 0.25) is 0 Å². The highest BCUT2D eigenvalue weighted by Gasteiger charge is 2.33. The predicted molar refractivity (Wildman–Crippen MR) is 97.2 cm³/mol. The van der Waals surface area contributed by atoms with Gasteiger partial charge in [0.05, 0.1) is 0 Å². The first kappa shape index (κ1) is 18.7. The maximum atomic E-state index is 12.5. The molecule has 2 heterocycles. The van der Waals surface area contributed by atoms with Crippen molar-refractivity contribution >= 4 is 17.7 Å². The Bertz CT molecular complexity index is 722. The molecule has 0 aromatic carbocycles. The minimum Gasteiger partial charge on any atom is -0.451 e. The number of H-pyrrole nitrogens is 1. The van der Waals surface area contributed by atoms with Gasteiger partial charge in [0.15, 0.2) is 12.4 Å². The number of nitrogens with zero attached hydrogens (tertiary/aromatic N) is 1. The van der Waals surface area contributed by atoms with Crippen molar-refractivity contribution in [1.29, 1.82) is 0 Å². The number of hydrogen-bond donors (Lipinski definition) is 1. The zero-order valence-corrected chi connectivity index (χ0v) is 15.9. The normalized spacial score (nSPS) is 22.7. The van der Waals surface area contributed by atoms with Crippen molar-refractivity contribution in [3.8, 4) is 0 Å². The molecule has 1 N–H and O–H groups in total. The molecule has 2 aliphatic rings. The number of likely N-dealkylation sites (tertiary alicyclic amines) is 1. The van der Waals surface area contributed by atoms with Crippen molar-refractivity contribution < 1.29 is 19.1 Å². The van der Waals surface area contributed by atoms with Gasteiger partial charge in [-0.15, -0.1) is 0 Å². The van der Waals surface area contributed by atoms with Crippen LogP contribution in [0.5, 0.6) is 0 Å². The highest BCUT2D eigenvalue weighted by molar-refractivity contribution is 6.01. The van der Waals surface area contributed by atoms with Crippen LogP contribution in [-0.4, -0.2) is 47.2 Å². The first-order valence-electron chi connectivity index (χ1n) is 9.53. The van der Waals surface area contributed by atoms with E-state index >= 15 is 0 Å².